The third-order valence-corrected chi connectivity index (χ3v) is 5.23. The molecule has 0 bridgehead atoms. The lowest BCUT2D eigenvalue weighted by Crippen LogP contribution is -2.38. The third kappa shape index (κ3) is 1.96. The molecule has 4 rings (SSSR count). The quantitative estimate of drug-likeness (QED) is 0.937. The molecule has 2 atom stereocenters. The fraction of sp³-hybridized carbons (Fsp3) is 0.471. The summed E-state index contributed by atoms with van der Waals surface area (Å²) in [5, 5.41) is 10.8. The molecule has 2 saturated heterocycles. The van der Waals surface area contributed by atoms with E-state index in [9.17, 15) is 9.90 Å². The Bertz CT molecular complexity index is 739. The molecular formula is C17H20N2O3. The minimum absolute atomic E-state index is 0.115. The van der Waals surface area contributed by atoms with E-state index in [1.165, 1.54) is 16.5 Å². The Morgan fingerprint density at radius 3 is 3.09 bits per heavy atom. The highest BCUT2D eigenvalue weighted by molar-refractivity contribution is 5.80. The minimum Gasteiger partial charge on any atom is -0.481 e. The molecule has 1 aromatic heterocycles. The highest BCUT2D eigenvalue weighted by Gasteiger charge is 2.55. The molecule has 2 aromatic rings. The van der Waals surface area contributed by atoms with Gasteiger partial charge in [0.25, 0.3) is 0 Å². The topological polar surface area (TPSA) is 54.7 Å². The number of hydrogen-bond donors (Lipinski definition) is 1. The monoisotopic (exact) mass is 300 g/mol. The summed E-state index contributed by atoms with van der Waals surface area (Å²) in [4.78, 5) is 13.9. The van der Waals surface area contributed by atoms with Crippen molar-refractivity contribution in [3.63, 3.8) is 0 Å². The molecule has 2 fully saturated rings. The second-order valence-electron chi connectivity index (χ2n) is 6.66. The lowest BCUT2D eigenvalue weighted by atomic mass is 9.81. The van der Waals surface area contributed by atoms with Crippen molar-refractivity contribution in [1.82, 2.24) is 9.47 Å². The Kier molecular flexibility index (Phi) is 3.03. The molecule has 0 spiro atoms. The van der Waals surface area contributed by atoms with E-state index in [1.807, 2.05) is 7.05 Å². The van der Waals surface area contributed by atoms with E-state index in [1.54, 1.807) is 0 Å². The Labute approximate surface area is 129 Å². The molecule has 0 unspecified atom stereocenters. The fourth-order valence-electron chi connectivity index (χ4n) is 3.93. The van der Waals surface area contributed by atoms with Gasteiger partial charge >= 0.3 is 5.97 Å². The summed E-state index contributed by atoms with van der Waals surface area (Å²) < 4.78 is 7.54. The predicted octanol–water partition coefficient (Wildman–Crippen LogP) is 1.71. The second-order valence-corrected chi connectivity index (χ2v) is 6.66. The Balaban J connectivity index is 1.56. The standard InChI is InChI=1S/C17H20N2O3/c1-18-5-4-13-3-2-12(6-15(13)18)7-19-8-14-9-22-11-17(14,10-19)16(20)21/h2-6,14H,7-11H2,1H3,(H,20,21)/t14-,17-/m1/s1. The summed E-state index contributed by atoms with van der Waals surface area (Å²) in [5.41, 5.74) is 1.75. The number of aliphatic carboxylic acids is 1. The van der Waals surface area contributed by atoms with Crippen LogP contribution >= 0.6 is 0 Å². The summed E-state index contributed by atoms with van der Waals surface area (Å²) in [7, 11) is 2.04. The molecule has 0 amide bonds. The van der Waals surface area contributed by atoms with E-state index in [0.717, 1.165) is 13.1 Å². The van der Waals surface area contributed by atoms with Crippen molar-refractivity contribution < 1.29 is 14.6 Å². The van der Waals surface area contributed by atoms with Gasteiger partial charge in [0.2, 0.25) is 0 Å². The summed E-state index contributed by atoms with van der Waals surface area (Å²) in [6.07, 6.45) is 2.06. The van der Waals surface area contributed by atoms with Crippen molar-refractivity contribution in [3.05, 3.63) is 36.0 Å². The van der Waals surface area contributed by atoms with Crippen LogP contribution in [0.1, 0.15) is 5.56 Å². The van der Waals surface area contributed by atoms with Crippen LogP contribution in [0.4, 0.5) is 0 Å². The maximum atomic E-state index is 11.7. The average Bonchev–Trinajstić information content (AvgIpc) is 3.12. The zero-order valence-corrected chi connectivity index (χ0v) is 12.7. The number of hydrogen-bond acceptors (Lipinski definition) is 3. The number of ether oxygens (including phenoxy) is 1. The van der Waals surface area contributed by atoms with Gasteiger partial charge in [0.1, 0.15) is 5.41 Å². The molecule has 116 valence electrons. The number of carbonyl (C=O) groups is 1. The highest BCUT2D eigenvalue weighted by atomic mass is 16.5. The van der Waals surface area contributed by atoms with Crippen LogP contribution in [0.2, 0.25) is 0 Å². The van der Waals surface area contributed by atoms with Crippen LogP contribution in [0.3, 0.4) is 0 Å². The molecule has 1 N–H and O–H groups in total. The first kappa shape index (κ1) is 13.8. The smallest absolute Gasteiger partial charge is 0.313 e. The lowest BCUT2D eigenvalue weighted by Gasteiger charge is -2.22. The van der Waals surface area contributed by atoms with Gasteiger partial charge in [0.05, 0.1) is 13.2 Å². The molecule has 2 aliphatic heterocycles. The van der Waals surface area contributed by atoms with E-state index in [-0.39, 0.29) is 5.92 Å². The molecule has 5 nitrogen and oxygen atoms in total. The van der Waals surface area contributed by atoms with Gasteiger partial charge in [-0.3, -0.25) is 9.69 Å². The van der Waals surface area contributed by atoms with Crippen molar-refractivity contribution in [2.75, 3.05) is 26.3 Å². The Hall–Kier alpha value is -1.85. The lowest BCUT2D eigenvalue weighted by molar-refractivity contribution is -0.149. The van der Waals surface area contributed by atoms with E-state index in [0.29, 0.717) is 19.8 Å². The first-order chi connectivity index (χ1) is 10.6. The molecule has 0 aliphatic carbocycles. The van der Waals surface area contributed by atoms with E-state index < -0.39 is 11.4 Å². The van der Waals surface area contributed by atoms with Crippen LogP contribution in [-0.4, -0.2) is 46.8 Å². The van der Waals surface area contributed by atoms with Crippen molar-refractivity contribution in [2.24, 2.45) is 18.4 Å². The number of nitrogens with zero attached hydrogens (tertiary/aromatic N) is 2. The highest BCUT2D eigenvalue weighted by Crippen LogP contribution is 2.42. The van der Waals surface area contributed by atoms with E-state index >= 15 is 0 Å². The Morgan fingerprint density at radius 2 is 2.32 bits per heavy atom. The van der Waals surface area contributed by atoms with Gasteiger partial charge in [-0.1, -0.05) is 12.1 Å². The summed E-state index contributed by atoms with van der Waals surface area (Å²) in [5.74, 6) is -0.598. The summed E-state index contributed by atoms with van der Waals surface area (Å²) >= 11 is 0. The number of benzene rings is 1. The first-order valence-corrected chi connectivity index (χ1v) is 7.66. The van der Waals surface area contributed by atoms with Crippen molar-refractivity contribution in [1.29, 1.82) is 0 Å². The number of fused-ring (bicyclic) bond motifs is 2. The van der Waals surface area contributed by atoms with Crippen LogP contribution in [0.5, 0.6) is 0 Å². The Morgan fingerprint density at radius 1 is 1.45 bits per heavy atom. The van der Waals surface area contributed by atoms with Gasteiger partial charge in [-0.05, 0) is 23.1 Å². The van der Waals surface area contributed by atoms with Crippen molar-refractivity contribution in [2.45, 2.75) is 6.54 Å². The van der Waals surface area contributed by atoms with Gasteiger partial charge in [-0.15, -0.1) is 0 Å². The SMILES string of the molecule is Cn1ccc2ccc(CN3C[C@@H]4COC[C@]4(C(=O)O)C3)cc21. The first-order valence-electron chi connectivity index (χ1n) is 7.66. The molecule has 1 aromatic carbocycles. The zero-order chi connectivity index (χ0) is 15.3. The van der Waals surface area contributed by atoms with Crippen LogP contribution in [0, 0.1) is 11.3 Å². The van der Waals surface area contributed by atoms with Crippen molar-refractivity contribution >= 4 is 16.9 Å². The number of aryl methyl sites for hydroxylation is 1. The largest absolute Gasteiger partial charge is 0.481 e. The number of likely N-dealkylation sites (tertiary alicyclic amines) is 1. The minimum atomic E-state index is -0.713. The average molecular weight is 300 g/mol. The number of aromatic nitrogens is 1. The van der Waals surface area contributed by atoms with Crippen LogP contribution in [0.15, 0.2) is 30.5 Å². The zero-order valence-electron chi connectivity index (χ0n) is 12.7. The van der Waals surface area contributed by atoms with Crippen LogP contribution in [-0.2, 0) is 23.1 Å². The predicted molar refractivity (Wildman–Crippen MR) is 82.6 cm³/mol. The van der Waals surface area contributed by atoms with E-state index in [2.05, 4.69) is 39.9 Å². The van der Waals surface area contributed by atoms with E-state index in [4.69, 9.17) is 4.74 Å². The van der Waals surface area contributed by atoms with Crippen LogP contribution in [0.25, 0.3) is 10.9 Å². The second kappa shape index (κ2) is 4.83. The number of carboxylic acids is 1. The van der Waals surface area contributed by atoms with Crippen molar-refractivity contribution in [3.8, 4) is 0 Å². The van der Waals surface area contributed by atoms with Gasteiger partial charge in [0, 0.05) is 44.3 Å². The summed E-state index contributed by atoms with van der Waals surface area (Å²) in [6.45, 7) is 3.10. The van der Waals surface area contributed by atoms with Crippen LogP contribution < -0.4 is 0 Å². The maximum Gasteiger partial charge on any atom is 0.313 e. The molecule has 3 heterocycles. The van der Waals surface area contributed by atoms with Gasteiger partial charge in [-0.2, -0.15) is 0 Å². The molecule has 22 heavy (non-hydrogen) atoms. The third-order valence-electron chi connectivity index (χ3n) is 5.23. The molecule has 5 heteroatoms. The molecule has 2 aliphatic rings. The fourth-order valence-corrected chi connectivity index (χ4v) is 3.93. The maximum absolute atomic E-state index is 11.7. The number of carboxylic acid groups (broad SMARTS) is 1. The van der Waals surface area contributed by atoms with Gasteiger partial charge in [0.15, 0.2) is 0 Å². The normalized spacial score (nSPS) is 28.3. The molecule has 0 saturated carbocycles. The van der Waals surface area contributed by atoms with Gasteiger partial charge < -0.3 is 14.4 Å². The molecule has 0 radical (unpaired) electrons. The summed E-state index contributed by atoms with van der Waals surface area (Å²) in [6, 6.07) is 8.58. The molecular weight excluding hydrogens is 280 g/mol. The van der Waals surface area contributed by atoms with Gasteiger partial charge in [-0.25, -0.2) is 0 Å². The number of rotatable bonds is 3.